The van der Waals surface area contributed by atoms with Gasteiger partial charge in [-0.15, -0.1) is 0 Å². The zero-order valence-electron chi connectivity index (χ0n) is 10.0. The number of nitro groups is 1. The molecule has 0 unspecified atom stereocenters. The molecule has 1 aromatic rings. The van der Waals surface area contributed by atoms with Crippen LogP contribution in [0, 0.1) is 10.1 Å². The van der Waals surface area contributed by atoms with Gasteiger partial charge in [0.05, 0.1) is 4.92 Å². The lowest BCUT2D eigenvalue weighted by Crippen LogP contribution is -2.18. The molecule has 0 bridgehead atoms. The Morgan fingerprint density at radius 1 is 1.29 bits per heavy atom. The van der Waals surface area contributed by atoms with E-state index in [-0.39, 0.29) is 10.6 Å². The summed E-state index contributed by atoms with van der Waals surface area (Å²) in [6.45, 7) is 1.96. The minimum atomic E-state index is -0.371. The van der Waals surface area contributed by atoms with Crippen LogP contribution in [0.4, 0.5) is 5.69 Å². The second kappa shape index (κ2) is 8.08. The lowest BCUT2D eigenvalue weighted by molar-refractivity contribution is -0.384. The molecule has 0 fully saturated rings. The summed E-state index contributed by atoms with van der Waals surface area (Å²) in [6.07, 6.45) is 4.20. The molecule has 5 heteroatoms. The van der Waals surface area contributed by atoms with Gasteiger partial charge >= 0.3 is 0 Å². The number of benzene rings is 1. The summed E-state index contributed by atoms with van der Waals surface area (Å²) >= 11 is 1.86. The van der Waals surface area contributed by atoms with Gasteiger partial charge in [0, 0.05) is 12.1 Å². The van der Waals surface area contributed by atoms with Crippen LogP contribution in [0.5, 0.6) is 0 Å². The van der Waals surface area contributed by atoms with Crippen LogP contribution < -0.4 is 5.32 Å². The minimum Gasteiger partial charge on any atom is -0.316 e. The summed E-state index contributed by atoms with van der Waals surface area (Å²) in [5.74, 6) is 1.19. The molecule has 1 aromatic carbocycles. The molecule has 0 atom stereocenters. The van der Waals surface area contributed by atoms with Gasteiger partial charge in [0.2, 0.25) is 0 Å². The molecule has 0 aromatic heterocycles. The van der Waals surface area contributed by atoms with Crippen LogP contribution in [0.3, 0.4) is 0 Å². The average molecular weight is 254 g/mol. The molecular weight excluding hydrogens is 236 g/mol. The van der Waals surface area contributed by atoms with Crippen LogP contribution in [0.2, 0.25) is 0 Å². The van der Waals surface area contributed by atoms with E-state index in [9.17, 15) is 10.1 Å². The maximum Gasteiger partial charge on any atom is 0.269 e. The van der Waals surface area contributed by atoms with Crippen LogP contribution in [0.15, 0.2) is 24.3 Å². The van der Waals surface area contributed by atoms with Crippen LogP contribution in [-0.2, 0) is 6.42 Å². The standard InChI is InChI=1S/C12H18N2O2S/c1-17-10-2-8-13-9-7-11-3-5-12(6-4-11)14(15)16/h3-6,13H,2,7-10H2,1H3. The second-order valence-electron chi connectivity index (χ2n) is 3.77. The molecule has 0 spiro atoms. The second-order valence-corrected chi connectivity index (χ2v) is 4.76. The monoisotopic (exact) mass is 254 g/mol. The van der Waals surface area contributed by atoms with Crippen molar-refractivity contribution in [1.82, 2.24) is 5.32 Å². The van der Waals surface area contributed by atoms with Crippen molar-refractivity contribution in [3.05, 3.63) is 39.9 Å². The van der Waals surface area contributed by atoms with E-state index in [0.29, 0.717) is 0 Å². The van der Waals surface area contributed by atoms with Crippen molar-refractivity contribution in [3.63, 3.8) is 0 Å². The van der Waals surface area contributed by atoms with Gasteiger partial charge < -0.3 is 5.32 Å². The van der Waals surface area contributed by atoms with Crippen molar-refractivity contribution in [3.8, 4) is 0 Å². The van der Waals surface area contributed by atoms with E-state index in [1.54, 1.807) is 12.1 Å². The zero-order valence-corrected chi connectivity index (χ0v) is 10.8. The van der Waals surface area contributed by atoms with Crippen molar-refractivity contribution in [2.45, 2.75) is 12.8 Å². The Hall–Kier alpha value is -1.07. The first-order chi connectivity index (χ1) is 8.24. The van der Waals surface area contributed by atoms with Crippen molar-refractivity contribution < 1.29 is 4.92 Å². The van der Waals surface area contributed by atoms with E-state index in [1.807, 2.05) is 23.9 Å². The SMILES string of the molecule is CSCCCNCCc1ccc([N+](=O)[O-])cc1. The smallest absolute Gasteiger partial charge is 0.269 e. The van der Waals surface area contributed by atoms with Gasteiger partial charge in [-0.1, -0.05) is 12.1 Å². The van der Waals surface area contributed by atoms with Crippen molar-refractivity contribution in [2.75, 3.05) is 25.1 Å². The first-order valence-corrected chi connectivity index (χ1v) is 7.06. The summed E-state index contributed by atoms with van der Waals surface area (Å²) in [5, 5.41) is 13.8. The minimum absolute atomic E-state index is 0.154. The summed E-state index contributed by atoms with van der Waals surface area (Å²) in [5.41, 5.74) is 1.29. The number of thioether (sulfide) groups is 1. The number of nitrogens with zero attached hydrogens (tertiary/aromatic N) is 1. The van der Waals surface area contributed by atoms with E-state index in [0.717, 1.165) is 25.1 Å². The third-order valence-corrected chi connectivity index (χ3v) is 3.14. The molecule has 17 heavy (non-hydrogen) atoms. The zero-order chi connectivity index (χ0) is 12.5. The fourth-order valence-electron chi connectivity index (χ4n) is 1.48. The number of hydrogen-bond acceptors (Lipinski definition) is 4. The van der Waals surface area contributed by atoms with Crippen LogP contribution >= 0.6 is 11.8 Å². The summed E-state index contributed by atoms with van der Waals surface area (Å²) < 4.78 is 0. The highest BCUT2D eigenvalue weighted by Crippen LogP contribution is 2.11. The van der Waals surface area contributed by atoms with Gasteiger partial charge in [-0.3, -0.25) is 10.1 Å². The van der Waals surface area contributed by atoms with Crippen molar-refractivity contribution >= 4 is 17.4 Å². The third kappa shape index (κ3) is 5.70. The molecule has 0 amide bonds. The van der Waals surface area contributed by atoms with Gasteiger partial charge in [0.1, 0.15) is 0 Å². The maximum absolute atomic E-state index is 10.5. The molecule has 0 saturated heterocycles. The van der Waals surface area contributed by atoms with Crippen LogP contribution in [-0.4, -0.2) is 30.0 Å². The van der Waals surface area contributed by atoms with Gasteiger partial charge in [-0.25, -0.2) is 0 Å². The molecule has 0 aliphatic rings. The molecule has 0 radical (unpaired) electrons. The van der Waals surface area contributed by atoms with E-state index < -0.39 is 0 Å². The Kier molecular flexibility index (Phi) is 6.65. The summed E-state index contributed by atoms with van der Waals surface area (Å²) in [7, 11) is 0. The molecule has 0 heterocycles. The predicted molar refractivity (Wildman–Crippen MR) is 72.7 cm³/mol. The Morgan fingerprint density at radius 3 is 2.59 bits per heavy atom. The fraction of sp³-hybridized carbons (Fsp3) is 0.500. The molecular formula is C12H18N2O2S. The molecule has 0 aliphatic heterocycles. The first kappa shape index (κ1) is 14.0. The van der Waals surface area contributed by atoms with Gasteiger partial charge in [-0.2, -0.15) is 11.8 Å². The largest absolute Gasteiger partial charge is 0.316 e. The third-order valence-electron chi connectivity index (χ3n) is 2.44. The van der Waals surface area contributed by atoms with Crippen molar-refractivity contribution in [2.24, 2.45) is 0 Å². The lowest BCUT2D eigenvalue weighted by Gasteiger charge is -2.04. The van der Waals surface area contributed by atoms with E-state index in [2.05, 4.69) is 11.6 Å². The van der Waals surface area contributed by atoms with Crippen molar-refractivity contribution in [1.29, 1.82) is 0 Å². The normalized spacial score (nSPS) is 10.4. The Labute approximate surface area is 106 Å². The topological polar surface area (TPSA) is 55.2 Å². The van der Waals surface area contributed by atoms with E-state index in [1.165, 1.54) is 12.2 Å². The Balaban J connectivity index is 2.21. The highest BCUT2D eigenvalue weighted by molar-refractivity contribution is 7.98. The first-order valence-electron chi connectivity index (χ1n) is 5.67. The predicted octanol–water partition coefficient (Wildman–Crippen LogP) is 2.48. The quantitative estimate of drug-likeness (QED) is 0.440. The fourth-order valence-corrected chi connectivity index (χ4v) is 1.92. The van der Waals surface area contributed by atoms with Crippen LogP contribution in [0.1, 0.15) is 12.0 Å². The summed E-state index contributed by atoms with van der Waals surface area (Å²) in [6, 6.07) is 6.76. The maximum atomic E-state index is 10.5. The highest BCUT2D eigenvalue weighted by atomic mass is 32.2. The number of nitro benzene ring substituents is 1. The molecule has 4 nitrogen and oxygen atoms in total. The number of non-ortho nitro benzene ring substituents is 1. The Bertz CT molecular complexity index is 341. The van der Waals surface area contributed by atoms with Gasteiger partial charge in [0.15, 0.2) is 0 Å². The van der Waals surface area contributed by atoms with E-state index >= 15 is 0 Å². The molecule has 94 valence electrons. The Morgan fingerprint density at radius 2 is 2.00 bits per heavy atom. The number of hydrogen-bond donors (Lipinski definition) is 1. The molecule has 0 saturated carbocycles. The highest BCUT2D eigenvalue weighted by Gasteiger charge is 2.03. The van der Waals surface area contributed by atoms with Crippen LogP contribution in [0.25, 0.3) is 0 Å². The lowest BCUT2D eigenvalue weighted by atomic mass is 10.1. The molecule has 1 rings (SSSR count). The molecule has 1 N–H and O–H groups in total. The number of rotatable bonds is 8. The van der Waals surface area contributed by atoms with E-state index in [4.69, 9.17) is 0 Å². The summed E-state index contributed by atoms with van der Waals surface area (Å²) in [4.78, 5) is 10.1. The number of nitrogens with one attached hydrogen (secondary N) is 1. The molecule has 0 aliphatic carbocycles. The van der Waals surface area contributed by atoms with Gasteiger partial charge in [-0.05, 0) is 43.5 Å². The van der Waals surface area contributed by atoms with Gasteiger partial charge in [0.25, 0.3) is 5.69 Å². The average Bonchev–Trinajstić information content (AvgIpc) is 2.34.